The van der Waals surface area contributed by atoms with Gasteiger partial charge in [0.1, 0.15) is 13.2 Å². The highest BCUT2D eigenvalue weighted by atomic mass is 31.2. The second-order valence-electron chi connectivity index (χ2n) is 23.1. The Kier molecular flexibility index (Phi) is 55.0. The van der Waals surface area contributed by atoms with E-state index in [0.717, 1.165) is 51.4 Å². The third-order valence-corrected chi connectivity index (χ3v) is 15.5. The van der Waals surface area contributed by atoms with Crippen molar-refractivity contribution < 1.29 is 32.9 Å². The minimum absolute atomic E-state index is 0.00830. The van der Waals surface area contributed by atoms with Gasteiger partial charge in [0.15, 0.2) is 0 Å². The fourth-order valence-electron chi connectivity index (χ4n) is 9.48. The van der Waals surface area contributed by atoms with Crippen molar-refractivity contribution in [3.63, 3.8) is 0 Å². The SMILES string of the molecule is CCCCC/C=C/CC/C=C/CC/C=C/C(O)C(COP(=O)([O-])OCC[N+](C)(C)C)NC(=O)CCCCCCCCCCCCCCCCCCCCCCCCCCCCC/C=C\CCCCCCCCCC. The van der Waals surface area contributed by atoms with Gasteiger partial charge in [0, 0.05) is 6.42 Å². The van der Waals surface area contributed by atoms with E-state index in [9.17, 15) is 19.4 Å². The van der Waals surface area contributed by atoms with Crippen molar-refractivity contribution in [2.45, 2.75) is 321 Å². The van der Waals surface area contributed by atoms with Crippen molar-refractivity contribution in [1.29, 1.82) is 0 Å². The number of phosphoric acid groups is 1. The third-order valence-electron chi connectivity index (χ3n) is 14.5. The number of nitrogens with zero attached hydrogens (tertiary/aromatic N) is 1. The van der Waals surface area contributed by atoms with E-state index in [1.54, 1.807) is 6.08 Å². The number of rotatable bonds is 59. The summed E-state index contributed by atoms with van der Waals surface area (Å²) in [6.07, 6.45) is 75.3. The molecule has 436 valence electrons. The van der Waals surface area contributed by atoms with Crippen LogP contribution in [0.25, 0.3) is 0 Å². The van der Waals surface area contributed by atoms with Gasteiger partial charge in [0.05, 0.1) is 39.9 Å². The first-order valence-corrected chi connectivity index (χ1v) is 33.5. The maximum Gasteiger partial charge on any atom is 0.268 e. The molecule has 0 aromatic rings. The Balaban J connectivity index is 3.87. The highest BCUT2D eigenvalue weighted by Crippen LogP contribution is 2.38. The van der Waals surface area contributed by atoms with Crippen LogP contribution in [0.5, 0.6) is 0 Å². The zero-order chi connectivity index (χ0) is 54.2. The number of aliphatic hydroxyl groups excluding tert-OH is 1. The second kappa shape index (κ2) is 56.2. The smallest absolute Gasteiger partial charge is 0.268 e. The number of hydrogen-bond donors (Lipinski definition) is 2. The second-order valence-corrected chi connectivity index (χ2v) is 24.5. The Labute approximate surface area is 460 Å². The lowest BCUT2D eigenvalue weighted by Gasteiger charge is -2.29. The third kappa shape index (κ3) is 58.1. The van der Waals surface area contributed by atoms with Gasteiger partial charge in [-0.15, -0.1) is 0 Å². The van der Waals surface area contributed by atoms with Crippen molar-refractivity contribution in [1.82, 2.24) is 5.32 Å². The highest BCUT2D eigenvalue weighted by molar-refractivity contribution is 7.45. The van der Waals surface area contributed by atoms with Crippen molar-refractivity contribution in [3.05, 3.63) is 48.6 Å². The van der Waals surface area contributed by atoms with Gasteiger partial charge in [-0.1, -0.05) is 281 Å². The topological polar surface area (TPSA) is 108 Å². The number of likely N-dealkylation sites (N-methyl/N-ethyl adjacent to an activating group) is 1. The predicted octanol–water partition coefficient (Wildman–Crippen LogP) is 19.2. The average Bonchev–Trinajstić information content (AvgIpc) is 3.36. The molecule has 3 unspecified atom stereocenters. The predicted molar refractivity (Wildman–Crippen MR) is 321 cm³/mol. The van der Waals surface area contributed by atoms with E-state index in [1.807, 2.05) is 27.2 Å². The lowest BCUT2D eigenvalue weighted by molar-refractivity contribution is -0.870. The van der Waals surface area contributed by atoms with E-state index in [-0.39, 0.29) is 12.5 Å². The van der Waals surface area contributed by atoms with Gasteiger partial charge in [-0.05, 0) is 70.6 Å². The van der Waals surface area contributed by atoms with Crippen LogP contribution in [0, 0.1) is 0 Å². The normalized spacial score (nSPS) is 14.1. The van der Waals surface area contributed by atoms with Crippen LogP contribution in [0.15, 0.2) is 48.6 Å². The average molecular weight is 1060 g/mol. The Bertz CT molecular complexity index is 1340. The lowest BCUT2D eigenvalue weighted by Crippen LogP contribution is -2.45. The number of carbonyl (C=O) groups excluding carboxylic acids is 1. The molecule has 0 aromatic carbocycles. The number of quaternary nitrogens is 1. The van der Waals surface area contributed by atoms with Crippen molar-refractivity contribution >= 4 is 13.7 Å². The molecule has 0 saturated carbocycles. The molecule has 9 heteroatoms. The van der Waals surface area contributed by atoms with E-state index in [0.29, 0.717) is 17.4 Å². The van der Waals surface area contributed by atoms with Crippen LogP contribution in [0.4, 0.5) is 0 Å². The maximum atomic E-state index is 12.9. The molecule has 2 N–H and O–H groups in total. The number of amides is 1. The van der Waals surface area contributed by atoms with E-state index < -0.39 is 26.6 Å². The highest BCUT2D eigenvalue weighted by Gasteiger charge is 2.23. The van der Waals surface area contributed by atoms with Crippen LogP contribution in [0.2, 0.25) is 0 Å². The Morgan fingerprint density at radius 3 is 1.12 bits per heavy atom. The number of hydrogen-bond acceptors (Lipinski definition) is 6. The first kappa shape index (κ1) is 72.5. The summed E-state index contributed by atoms with van der Waals surface area (Å²) >= 11 is 0. The monoisotopic (exact) mass is 1060 g/mol. The maximum absolute atomic E-state index is 12.9. The first-order chi connectivity index (χ1) is 36.0. The van der Waals surface area contributed by atoms with Gasteiger partial charge in [-0.3, -0.25) is 9.36 Å². The quantitative estimate of drug-likeness (QED) is 0.0272. The molecule has 0 bridgehead atoms. The van der Waals surface area contributed by atoms with Crippen LogP contribution < -0.4 is 10.2 Å². The molecule has 0 aromatic heterocycles. The Morgan fingerprint density at radius 1 is 0.459 bits per heavy atom. The zero-order valence-electron chi connectivity index (χ0n) is 49.8. The van der Waals surface area contributed by atoms with E-state index >= 15 is 0 Å². The van der Waals surface area contributed by atoms with Crippen molar-refractivity contribution in [2.75, 3.05) is 40.9 Å². The Hall–Kier alpha value is -1.54. The summed E-state index contributed by atoms with van der Waals surface area (Å²) in [6, 6.07) is -0.908. The van der Waals surface area contributed by atoms with Crippen LogP contribution in [0.3, 0.4) is 0 Å². The molecule has 74 heavy (non-hydrogen) atoms. The van der Waals surface area contributed by atoms with Gasteiger partial charge >= 0.3 is 0 Å². The molecule has 0 aliphatic carbocycles. The van der Waals surface area contributed by atoms with Crippen LogP contribution in [-0.4, -0.2) is 68.5 Å². The standard InChI is InChI=1S/C65H125N2O6P/c1-6-8-10-12-14-16-18-20-21-22-23-24-25-26-27-28-29-30-31-32-33-34-35-36-37-38-39-40-41-42-43-44-45-47-49-51-53-55-57-59-65(69)66-63(62-73-74(70,71)72-61-60-67(3,4)5)64(68)58-56-54-52-50-48-46-19-17-15-13-11-9-7-2/h15,17,22-23,48,50,56,58,63-64,68H,6-14,16,18-21,24-47,49,51-55,57,59-62H2,1-5H3,(H-,66,69,70,71)/b17-15+,23-22-,50-48+,58-56+. The lowest BCUT2D eigenvalue weighted by atomic mass is 10.0. The molecule has 8 nitrogen and oxygen atoms in total. The number of aliphatic hydroxyl groups is 1. The van der Waals surface area contributed by atoms with Crippen molar-refractivity contribution in [3.8, 4) is 0 Å². The molecule has 0 fully saturated rings. The number of carbonyl (C=O) groups is 1. The molecular weight excluding hydrogens is 936 g/mol. The summed E-state index contributed by atoms with van der Waals surface area (Å²) in [5.74, 6) is -0.208. The molecule has 0 aliphatic heterocycles. The number of phosphoric ester groups is 1. The summed E-state index contributed by atoms with van der Waals surface area (Å²) in [4.78, 5) is 25.5. The number of nitrogens with one attached hydrogen (secondary N) is 1. The number of unbranched alkanes of at least 4 members (excludes halogenated alkanes) is 40. The molecule has 0 heterocycles. The fraction of sp³-hybridized carbons (Fsp3) is 0.862. The molecule has 0 spiro atoms. The molecular formula is C65H125N2O6P. The summed E-state index contributed by atoms with van der Waals surface area (Å²) < 4.78 is 23.3. The molecule has 0 radical (unpaired) electrons. The van der Waals surface area contributed by atoms with Gasteiger partial charge in [-0.2, -0.15) is 0 Å². The molecule has 1 amide bonds. The van der Waals surface area contributed by atoms with Gasteiger partial charge in [0.2, 0.25) is 5.91 Å². The molecule has 0 saturated heterocycles. The fourth-order valence-corrected chi connectivity index (χ4v) is 10.2. The van der Waals surface area contributed by atoms with Crippen LogP contribution in [0.1, 0.15) is 309 Å². The summed E-state index contributed by atoms with van der Waals surface area (Å²) in [6.45, 7) is 4.61. The largest absolute Gasteiger partial charge is 0.756 e. The Morgan fingerprint density at radius 2 is 0.757 bits per heavy atom. The summed E-state index contributed by atoms with van der Waals surface area (Å²) in [5, 5.41) is 13.8. The summed E-state index contributed by atoms with van der Waals surface area (Å²) in [5.41, 5.74) is 0. The number of allylic oxidation sites excluding steroid dienone is 7. The van der Waals surface area contributed by atoms with Gasteiger partial charge in [0.25, 0.3) is 7.82 Å². The molecule has 0 rings (SSSR count). The van der Waals surface area contributed by atoms with E-state index in [2.05, 4.69) is 55.6 Å². The molecule has 3 atom stereocenters. The summed E-state index contributed by atoms with van der Waals surface area (Å²) in [7, 11) is 1.24. The van der Waals surface area contributed by atoms with Crippen LogP contribution >= 0.6 is 7.82 Å². The van der Waals surface area contributed by atoms with Crippen LogP contribution in [-0.2, 0) is 18.4 Å². The zero-order valence-corrected chi connectivity index (χ0v) is 50.7. The molecule has 0 aliphatic rings. The van der Waals surface area contributed by atoms with Gasteiger partial charge < -0.3 is 28.8 Å². The van der Waals surface area contributed by atoms with Crippen molar-refractivity contribution in [2.24, 2.45) is 0 Å². The first-order valence-electron chi connectivity index (χ1n) is 32.0. The van der Waals surface area contributed by atoms with E-state index in [1.165, 1.54) is 238 Å². The minimum Gasteiger partial charge on any atom is -0.756 e. The van der Waals surface area contributed by atoms with E-state index in [4.69, 9.17) is 9.05 Å². The minimum atomic E-state index is -4.60. The van der Waals surface area contributed by atoms with Gasteiger partial charge in [-0.25, -0.2) is 0 Å².